The standard InChI is InChI=1S/C26H28F3N7O/c1-16-17(2)24(33-36(23(16)30)25(31)26(27,28)29)35-9-8-21-19(14-35)12-20(13-32-21)34-10-11-37-22(15-34)18-6-4-3-5-7-18/h3-7,12-13,22,30-31H,8-11,14-15H2,1-2H3/t22-/m0/s1. The first kappa shape index (κ1) is 24.9. The molecule has 8 nitrogen and oxygen atoms in total. The summed E-state index contributed by atoms with van der Waals surface area (Å²) >= 11 is 0. The van der Waals surface area contributed by atoms with Crippen molar-refractivity contribution in [2.75, 3.05) is 36.0 Å². The molecule has 2 aliphatic heterocycles. The highest BCUT2D eigenvalue weighted by atomic mass is 19.4. The number of fused-ring (bicyclic) bond motifs is 1. The molecule has 0 unspecified atom stereocenters. The Kier molecular flexibility index (Phi) is 6.49. The van der Waals surface area contributed by atoms with Gasteiger partial charge >= 0.3 is 6.18 Å². The molecule has 2 aliphatic rings. The Morgan fingerprint density at radius 2 is 1.84 bits per heavy atom. The van der Waals surface area contributed by atoms with Crippen LogP contribution in [0.3, 0.4) is 0 Å². The summed E-state index contributed by atoms with van der Waals surface area (Å²) in [5.74, 6) is -1.34. The summed E-state index contributed by atoms with van der Waals surface area (Å²) in [6.45, 7) is 6.30. The highest BCUT2D eigenvalue weighted by Crippen LogP contribution is 2.30. The Labute approximate surface area is 212 Å². The van der Waals surface area contributed by atoms with E-state index in [9.17, 15) is 13.2 Å². The van der Waals surface area contributed by atoms with Crippen LogP contribution in [0.4, 0.5) is 24.7 Å². The molecule has 11 heteroatoms. The minimum absolute atomic E-state index is 0.0416. The molecule has 0 bridgehead atoms. The predicted molar refractivity (Wildman–Crippen MR) is 133 cm³/mol. The molecular weight excluding hydrogens is 483 g/mol. The van der Waals surface area contributed by atoms with Crippen molar-refractivity contribution in [3.05, 3.63) is 76.0 Å². The average Bonchev–Trinajstić information content (AvgIpc) is 2.91. The number of halogens is 3. The van der Waals surface area contributed by atoms with E-state index in [1.165, 1.54) is 0 Å². The van der Waals surface area contributed by atoms with E-state index in [0.717, 1.165) is 29.1 Å². The molecule has 1 atom stereocenters. The largest absolute Gasteiger partial charge is 0.451 e. The van der Waals surface area contributed by atoms with E-state index in [1.54, 1.807) is 13.8 Å². The van der Waals surface area contributed by atoms with Crippen LogP contribution in [0, 0.1) is 24.7 Å². The summed E-state index contributed by atoms with van der Waals surface area (Å²) in [6.07, 6.45) is -2.45. The van der Waals surface area contributed by atoms with Crippen LogP contribution < -0.4 is 15.3 Å². The summed E-state index contributed by atoms with van der Waals surface area (Å²) in [6, 6.07) is 12.2. The first-order chi connectivity index (χ1) is 17.6. The number of anilines is 2. The summed E-state index contributed by atoms with van der Waals surface area (Å²) in [7, 11) is 0. The van der Waals surface area contributed by atoms with E-state index in [2.05, 4.69) is 28.2 Å². The second-order valence-corrected chi connectivity index (χ2v) is 9.37. The van der Waals surface area contributed by atoms with Crippen LogP contribution in [0.15, 0.2) is 42.6 Å². The van der Waals surface area contributed by atoms with Gasteiger partial charge in [-0.05, 0) is 36.6 Å². The zero-order chi connectivity index (χ0) is 26.3. The van der Waals surface area contributed by atoms with E-state index in [4.69, 9.17) is 20.5 Å². The van der Waals surface area contributed by atoms with Crippen molar-refractivity contribution in [1.29, 1.82) is 10.8 Å². The van der Waals surface area contributed by atoms with Crippen LogP contribution in [0.25, 0.3) is 0 Å². The fourth-order valence-electron chi connectivity index (χ4n) is 4.83. The first-order valence-electron chi connectivity index (χ1n) is 12.1. The van der Waals surface area contributed by atoms with Gasteiger partial charge in [0, 0.05) is 43.9 Å². The number of nitrogens with one attached hydrogen (secondary N) is 2. The minimum Gasteiger partial charge on any atom is -0.370 e. The number of morpholine rings is 1. The van der Waals surface area contributed by atoms with Crippen LogP contribution in [0.1, 0.15) is 34.1 Å². The number of benzene rings is 1. The maximum Gasteiger partial charge on any atom is 0.451 e. The summed E-state index contributed by atoms with van der Waals surface area (Å²) in [4.78, 5) is 8.85. The van der Waals surface area contributed by atoms with Gasteiger partial charge in [-0.1, -0.05) is 30.3 Å². The lowest BCUT2D eigenvalue weighted by molar-refractivity contribution is -0.0632. The number of hydrogen-bond acceptors (Lipinski definition) is 7. The Morgan fingerprint density at radius 1 is 1.08 bits per heavy atom. The quantitative estimate of drug-likeness (QED) is 0.411. The summed E-state index contributed by atoms with van der Waals surface area (Å²) < 4.78 is 46.2. The van der Waals surface area contributed by atoms with E-state index < -0.39 is 17.5 Å². The van der Waals surface area contributed by atoms with E-state index in [-0.39, 0.29) is 6.10 Å². The van der Waals surface area contributed by atoms with Crippen LogP contribution in [0.2, 0.25) is 0 Å². The van der Waals surface area contributed by atoms with Crippen molar-refractivity contribution in [2.45, 2.75) is 39.1 Å². The Hall–Kier alpha value is -3.73. The molecule has 5 rings (SSSR count). The molecule has 4 heterocycles. The summed E-state index contributed by atoms with van der Waals surface area (Å²) in [5, 5.41) is 19.8. The predicted octanol–water partition coefficient (Wildman–Crippen LogP) is 3.90. The molecule has 3 aromatic rings. The van der Waals surface area contributed by atoms with Crippen molar-refractivity contribution in [3.8, 4) is 0 Å². The molecule has 2 N–H and O–H groups in total. The third kappa shape index (κ3) is 4.83. The highest BCUT2D eigenvalue weighted by Gasteiger charge is 2.38. The van der Waals surface area contributed by atoms with Gasteiger partial charge in [-0.3, -0.25) is 15.8 Å². The zero-order valence-electron chi connectivity index (χ0n) is 20.6. The van der Waals surface area contributed by atoms with Gasteiger partial charge in [-0.15, -0.1) is 5.10 Å². The monoisotopic (exact) mass is 511 g/mol. The molecule has 0 aliphatic carbocycles. The number of ether oxygens (including phenoxy) is 1. The first-order valence-corrected chi connectivity index (χ1v) is 12.1. The van der Waals surface area contributed by atoms with Gasteiger partial charge in [0.05, 0.1) is 18.5 Å². The second-order valence-electron chi connectivity index (χ2n) is 9.37. The Morgan fingerprint density at radius 3 is 2.57 bits per heavy atom. The van der Waals surface area contributed by atoms with Crippen LogP contribution >= 0.6 is 0 Å². The average molecular weight is 512 g/mol. The molecule has 37 heavy (non-hydrogen) atoms. The molecule has 1 saturated heterocycles. The van der Waals surface area contributed by atoms with Gasteiger partial charge in [0.1, 0.15) is 6.10 Å². The number of nitrogens with zero attached hydrogens (tertiary/aromatic N) is 5. The SMILES string of the molecule is Cc1c(N2CCc3ncc(N4CCO[C@H](c5ccccc5)C4)cc3C2)nn(C(=N)C(F)(F)F)c(=N)c1C. The zero-order valence-corrected chi connectivity index (χ0v) is 20.6. The van der Waals surface area contributed by atoms with Gasteiger partial charge in [-0.25, -0.2) is 0 Å². The molecule has 1 fully saturated rings. The number of alkyl halides is 3. The molecule has 0 amide bonds. The van der Waals surface area contributed by atoms with E-state index in [0.29, 0.717) is 54.3 Å². The Balaban J connectivity index is 1.42. The maximum absolute atomic E-state index is 13.3. The van der Waals surface area contributed by atoms with Gasteiger partial charge < -0.3 is 14.5 Å². The van der Waals surface area contributed by atoms with Crippen LogP contribution in [-0.2, 0) is 17.7 Å². The highest BCUT2D eigenvalue weighted by molar-refractivity contribution is 5.86. The molecule has 0 saturated carbocycles. The minimum atomic E-state index is -4.91. The van der Waals surface area contributed by atoms with Gasteiger partial charge in [0.2, 0.25) is 5.84 Å². The maximum atomic E-state index is 13.3. The van der Waals surface area contributed by atoms with Crippen LogP contribution in [-0.4, -0.2) is 53.0 Å². The van der Waals surface area contributed by atoms with Crippen LogP contribution in [0.5, 0.6) is 0 Å². The lowest BCUT2D eigenvalue weighted by Gasteiger charge is -2.36. The van der Waals surface area contributed by atoms with Gasteiger partial charge in [0.15, 0.2) is 11.3 Å². The molecule has 194 valence electrons. The smallest absolute Gasteiger partial charge is 0.370 e. The van der Waals surface area contributed by atoms with E-state index in [1.807, 2.05) is 29.3 Å². The van der Waals surface area contributed by atoms with E-state index >= 15 is 0 Å². The number of rotatable bonds is 3. The van der Waals surface area contributed by atoms with Crippen molar-refractivity contribution in [1.82, 2.24) is 14.8 Å². The van der Waals surface area contributed by atoms with Crippen molar-refractivity contribution in [2.24, 2.45) is 0 Å². The number of hydrogen-bond donors (Lipinski definition) is 2. The topological polar surface area (TPSA) is 94.1 Å². The lowest BCUT2D eigenvalue weighted by atomic mass is 10.0. The third-order valence-electron chi connectivity index (χ3n) is 7.07. The fourth-order valence-corrected chi connectivity index (χ4v) is 4.83. The lowest BCUT2D eigenvalue weighted by Crippen LogP contribution is -2.42. The molecule has 1 aromatic carbocycles. The second kappa shape index (κ2) is 9.62. The molecule has 2 aromatic heterocycles. The number of pyridine rings is 1. The van der Waals surface area contributed by atoms with Crippen molar-refractivity contribution < 1.29 is 17.9 Å². The number of aromatic nitrogens is 3. The molecular formula is C26H28F3N7O. The fraction of sp³-hybridized carbons (Fsp3) is 0.385. The molecule has 0 spiro atoms. The van der Waals surface area contributed by atoms with Gasteiger partial charge in [0.25, 0.3) is 0 Å². The van der Waals surface area contributed by atoms with Crippen molar-refractivity contribution >= 4 is 17.3 Å². The summed E-state index contributed by atoms with van der Waals surface area (Å²) in [5.41, 5.74) is 4.58. The Bertz CT molecular complexity index is 1390. The van der Waals surface area contributed by atoms with Gasteiger partial charge in [-0.2, -0.15) is 17.9 Å². The third-order valence-corrected chi connectivity index (χ3v) is 7.07. The normalized spacial score (nSPS) is 18.0. The van der Waals surface area contributed by atoms with Crippen molar-refractivity contribution in [3.63, 3.8) is 0 Å². The molecule has 0 radical (unpaired) electrons.